The molecule has 1 aliphatic rings. The number of benzene rings is 1. The van der Waals surface area contributed by atoms with Gasteiger partial charge in [-0.1, -0.05) is 6.07 Å². The van der Waals surface area contributed by atoms with Gasteiger partial charge in [-0.2, -0.15) is 0 Å². The Balaban J connectivity index is 1.62. The van der Waals surface area contributed by atoms with Gasteiger partial charge in [0.2, 0.25) is 5.91 Å². The van der Waals surface area contributed by atoms with Crippen LogP contribution in [0, 0.1) is 13.8 Å². The summed E-state index contributed by atoms with van der Waals surface area (Å²) in [7, 11) is 0. The molecule has 3 aromatic rings. The van der Waals surface area contributed by atoms with Crippen LogP contribution in [0.5, 0.6) is 0 Å². The van der Waals surface area contributed by atoms with Crippen molar-refractivity contribution < 1.29 is 14.7 Å². The number of nitrogens with zero attached hydrogens (tertiary/aromatic N) is 3. The molecule has 0 spiro atoms. The quantitative estimate of drug-likeness (QED) is 0.699. The number of carbonyl (C=O) groups excluding carboxylic acids is 1. The maximum Gasteiger partial charge on any atom is 0.336 e. The minimum absolute atomic E-state index is 0.150. The average molecular weight is 396 g/mol. The predicted octanol–water partition coefficient (Wildman–Crippen LogP) is 3.61. The van der Waals surface area contributed by atoms with Gasteiger partial charge in [0.15, 0.2) is 0 Å². The van der Waals surface area contributed by atoms with Gasteiger partial charge in [0.1, 0.15) is 23.0 Å². The lowest BCUT2D eigenvalue weighted by molar-refractivity contribution is -0.117. The molecule has 3 heterocycles. The van der Waals surface area contributed by atoms with E-state index >= 15 is 0 Å². The molecule has 0 saturated carbocycles. The minimum atomic E-state index is -1.00. The number of aromatic nitrogens is 2. The maximum atomic E-state index is 13.1. The average Bonchev–Trinajstić information content (AvgIpc) is 3.32. The van der Waals surface area contributed by atoms with E-state index in [1.807, 2.05) is 23.3 Å². The van der Waals surface area contributed by atoms with Gasteiger partial charge >= 0.3 is 5.97 Å². The van der Waals surface area contributed by atoms with E-state index in [0.29, 0.717) is 11.3 Å². The lowest BCUT2D eigenvalue weighted by Gasteiger charge is -2.25. The van der Waals surface area contributed by atoms with Gasteiger partial charge in [-0.25, -0.2) is 14.8 Å². The molecule has 1 saturated heterocycles. The molecule has 1 fully saturated rings. The maximum absolute atomic E-state index is 13.1. The number of hydrogen-bond donors (Lipinski definition) is 2. The number of amides is 1. The minimum Gasteiger partial charge on any atom is -0.478 e. The molecular formula is C20H20N4O3S. The molecule has 1 aromatic carbocycles. The third kappa shape index (κ3) is 3.20. The molecule has 0 radical (unpaired) electrons. The summed E-state index contributed by atoms with van der Waals surface area (Å²) in [5, 5.41) is 15.2. The lowest BCUT2D eigenvalue weighted by atomic mass is 10.0. The summed E-state index contributed by atoms with van der Waals surface area (Å²) in [6.45, 7) is 4.36. The summed E-state index contributed by atoms with van der Waals surface area (Å²) in [6.07, 6.45) is 3.14. The summed E-state index contributed by atoms with van der Waals surface area (Å²) in [6, 6.07) is 4.94. The zero-order valence-corrected chi connectivity index (χ0v) is 16.4. The van der Waals surface area contributed by atoms with E-state index in [9.17, 15) is 14.7 Å². The third-order valence-corrected chi connectivity index (χ3v) is 5.95. The number of carboxylic acids is 1. The summed E-state index contributed by atoms with van der Waals surface area (Å²) < 4.78 is 0. The summed E-state index contributed by atoms with van der Waals surface area (Å²) in [4.78, 5) is 36.1. The lowest BCUT2D eigenvalue weighted by Crippen LogP contribution is -2.40. The number of rotatable bonds is 4. The highest BCUT2D eigenvalue weighted by molar-refractivity contribution is 7.16. The largest absolute Gasteiger partial charge is 0.478 e. The van der Waals surface area contributed by atoms with Crippen LogP contribution < -0.4 is 10.2 Å². The molecule has 1 atom stereocenters. The second-order valence-electron chi connectivity index (χ2n) is 6.96. The Bertz CT molecular complexity index is 1080. The molecule has 2 N–H and O–H groups in total. The topological polar surface area (TPSA) is 95.4 Å². The highest BCUT2D eigenvalue weighted by Gasteiger charge is 2.33. The molecule has 2 aromatic heterocycles. The number of nitrogens with one attached hydrogen (secondary N) is 1. The van der Waals surface area contributed by atoms with Crippen LogP contribution in [0.2, 0.25) is 0 Å². The number of carboxylic acid groups (broad SMARTS) is 1. The first-order valence-electron chi connectivity index (χ1n) is 9.06. The fourth-order valence-corrected chi connectivity index (χ4v) is 4.46. The monoisotopic (exact) mass is 396 g/mol. The SMILES string of the molecule is Cc1cc(C)c(C(=O)O)cc1NC(=O)C1CCCN1c1ncnc2sccc12. The van der Waals surface area contributed by atoms with Crippen LogP contribution in [-0.2, 0) is 4.79 Å². The number of aryl methyl sites for hydroxylation is 2. The van der Waals surface area contributed by atoms with Crippen molar-refractivity contribution in [3.05, 3.63) is 46.6 Å². The van der Waals surface area contributed by atoms with Crippen molar-refractivity contribution in [2.24, 2.45) is 0 Å². The molecule has 1 aliphatic heterocycles. The molecular weight excluding hydrogens is 376 g/mol. The number of thiophene rings is 1. The number of fused-ring (bicyclic) bond motifs is 1. The van der Waals surface area contributed by atoms with Crippen molar-refractivity contribution in [3.63, 3.8) is 0 Å². The van der Waals surface area contributed by atoms with Crippen LogP contribution in [0.3, 0.4) is 0 Å². The van der Waals surface area contributed by atoms with Crippen molar-refractivity contribution in [1.82, 2.24) is 9.97 Å². The Morgan fingerprint density at radius 1 is 1.25 bits per heavy atom. The molecule has 1 amide bonds. The van der Waals surface area contributed by atoms with Crippen LogP contribution in [0.25, 0.3) is 10.2 Å². The first-order chi connectivity index (χ1) is 13.5. The van der Waals surface area contributed by atoms with Crippen LogP contribution in [0.1, 0.15) is 34.3 Å². The van der Waals surface area contributed by atoms with E-state index in [4.69, 9.17) is 0 Å². The second-order valence-corrected chi connectivity index (χ2v) is 7.86. The molecule has 28 heavy (non-hydrogen) atoms. The van der Waals surface area contributed by atoms with Gasteiger partial charge in [-0.3, -0.25) is 4.79 Å². The Hall–Kier alpha value is -3.00. The summed E-state index contributed by atoms with van der Waals surface area (Å²) >= 11 is 1.55. The Morgan fingerprint density at radius 2 is 2.07 bits per heavy atom. The number of carbonyl (C=O) groups is 2. The predicted molar refractivity (Wildman–Crippen MR) is 109 cm³/mol. The van der Waals surface area contributed by atoms with E-state index in [1.165, 1.54) is 12.4 Å². The molecule has 8 heteroatoms. The molecule has 1 unspecified atom stereocenters. The van der Waals surface area contributed by atoms with Gasteiger partial charge in [-0.15, -0.1) is 11.3 Å². The number of hydrogen-bond acceptors (Lipinski definition) is 6. The van der Waals surface area contributed by atoms with Crippen LogP contribution >= 0.6 is 11.3 Å². The van der Waals surface area contributed by atoms with Gasteiger partial charge in [0.25, 0.3) is 0 Å². The smallest absolute Gasteiger partial charge is 0.336 e. The van der Waals surface area contributed by atoms with Crippen LogP contribution in [0.4, 0.5) is 11.5 Å². The van der Waals surface area contributed by atoms with Crippen LogP contribution in [-0.4, -0.2) is 39.5 Å². The van der Waals surface area contributed by atoms with E-state index in [2.05, 4.69) is 15.3 Å². The molecule has 0 bridgehead atoms. The highest BCUT2D eigenvalue weighted by atomic mass is 32.1. The Morgan fingerprint density at radius 3 is 2.86 bits per heavy atom. The second kappa shape index (κ2) is 7.20. The Kier molecular flexibility index (Phi) is 4.72. The first-order valence-corrected chi connectivity index (χ1v) is 9.94. The van der Waals surface area contributed by atoms with Crippen LogP contribution in [0.15, 0.2) is 29.9 Å². The summed E-state index contributed by atoms with van der Waals surface area (Å²) in [5.74, 6) is -0.380. The number of aromatic carboxylic acids is 1. The van der Waals surface area contributed by atoms with Gasteiger partial charge in [0.05, 0.1) is 10.9 Å². The summed E-state index contributed by atoms with van der Waals surface area (Å²) in [5.41, 5.74) is 2.23. The molecule has 7 nitrogen and oxygen atoms in total. The van der Waals surface area contributed by atoms with Gasteiger partial charge < -0.3 is 15.3 Å². The first kappa shape index (κ1) is 18.4. The van der Waals surface area contributed by atoms with Crippen molar-refractivity contribution in [2.45, 2.75) is 32.7 Å². The van der Waals surface area contributed by atoms with E-state index in [-0.39, 0.29) is 17.5 Å². The Labute approximate surface area is 166 Å². The van der Waals surface area contributed by atoms with Crippen molar-refractivity contribution >= 4 is 44.9 Å². The third-order valence-electron chi connectivity index (χ3n) is 5.13. The van der Waals surface area contributed by atoms with E-state index in [1.54, 1.807) is 24.3 Å². The van der Waals surface area contributed by atoms with Crippen molar-refractivity contribution in [2.75, 3.05) is 16.8 Å². The highest BCUT2D eigenvalue weighted by Crippen LogP contribution is 2.32. The number of anilines is 2. The molecule has 0 aliphatic carbocycles. The van der Waals surface area contributed by atoms with Gasteiger partial charge in [-0.05, 0) is 55.3 Å². The van der Waals surface area contributed by atoms with Crippen molar-refractivity contribution in [3.8, 4) is 0 Å². The zero-order valence-electron chi connectivity index (χ0n) is 15.6. The molecule has 144 valence electrons. The fourth-order valence-electron chi connectivity index (χ4n) is 3.73. The van der Waals surface area contributed by atoms with E-state index in [0.717, 1.165) is 41.0 Å². The molecule has 4 rings (SSSR count). The fraction of sp³-hybridized carbons (Fsp3) is 0.300. The van der Waals surface area contributed by atoms with Gasteiger partial charge in [0, 0.05) is 12.2 Å². The normalized spacial score (nSPS) is 16.5. The standard InChI is InChI=1S/C20H20N4O3S/c1-11-8-12(2)15(9-14(11)20(26)27)23-18(25)16-4-3-6-24(16)17-13-5-7-28-19(13)22-10-21-17/h5,7-10,16H,3-4,6H2,1-2H3,(H,23,25)(H,26,27). The zero-order chi connectivity index (χ0) is 19.8. The van der Waals surface area contributed by atoms with Crippen molar-refractivity contribution in [1.29, 1.82) is 0 Å². The van der Waals surface area contributed by atoms with E-state index < -0.39 is 5.97 Å².